The minimum Gasteiger partial charge on any atom is -0.491 e. The van der Waals surface area contributed by atoms with Gasteiger partial charge in [-0.2, -0.15) is 18.2 Å². The molecule has 47 heavy (non-hydrogen) atoms. The number of sulfone groups is 1. The van der Waals surface area contributed by atoms with Gasteiger partial charge < -0.3 is 25.2 Å². The molecular formula is C31H33F4N5O6S. The fourth-order valence-corrected chi connectivity index (χ4v) is 8.31. The van der Waals surface area contributed by atoms with E-state index in [9.17, 15) is 31.2 Å². The fourth-order valence-electron chi connectivity index (χ4n) is 6.74. The first kappa shape index (κ1) is 32.9. The van der Waals surface area contributed by atoms with E-state index in [2.05, 4.69) is 15.5 Å². The number of hydrogen-bond acceptors (Lipinski definition) is 9. The molecule has 16 heteroatoms. The molecule has 1 aromatic heterocycles. The van der Waals surface area contributed by atoms with Gasteiger partial charge in [0.25, 0.3) is 11.7 Å². The molecule has 7 rings (SSSR count). The van der Waals surface area contributed by atoms with Gasteiger partial charge in [0, 0.05) is 11.0 Å². The van der Waals surface area contributed by atoms with Crippen LogP contribution < -0.4 is 20.7 Å². The summed E-state index contributed by atoms with van der Waals surface area (Å²) >= 11 is 0. The number of aromatic nitrogens is 2. The highest BCUT2D eigenvalue weighted by Crippen LogP contribution is 2.53. The summed E-state index contributed by atoms with van der Waals surface area (Å²) in [6.07, 6.45) is -2.65. The summed E-state index contributed by atoms with van der Waals surface area (Å²) in [7, 11) is -4.22. The van der Waals surface area contributed by atoms with Crippen LogP contribution in [0.15, 0.2) is 45.8 Å². The number of anilines is 1. The van der Waals surface area contributed by atoms with Crippen molar-refractivity contribution in [3.05, 3.63) is 65.1 Å². The maximum absolute atomic E-state index is 15.6. The van der Waals surface area contributed by atoms with Gasteiger partial charge in [-0.25, -0.2) is 12.8 Å². The Morgan fingerprint density at radius 2 is 1.77 bits per heavy atom. The number of ether oxygens (including phenoxy) is 1. The molecule has 2 amide bonds. The SMILES string of the molecule is CC(C)Oc1ccc(CN2C(=O)[C@@H](N)CS(=O)(=O)c3cc(F)c(C(=O)NC45CCC(c6nc(C(F)(F)F)no6)(CC4)CC5)cc32)cc1. The summed E-state index contributed by atoms with van der Waals surface area (Å²) in [6.45, 7) is 3.63. The zero-order valence-corrected chi connectivity index (χ0v) is 26.4. The van der Waals surface area contributed by atoms with E-state index >= 15 is 4.39 Å². The first-order valence-electron chi connectivity index (χ1n) is 15.1. The molecule has 0 radical (unpaired) electrons. The van der Waals surface area contributed by atoms with Crippen molar-refractivity contribution in [1.29, 1.82) is 0 Å². The lowest BCUT2D eigenvalue weighted by Gasteiger charge is -2.52. The van der Waals surface area contributed by atoms with Gasteiger partial charge in [-0.3, -0.25) is 9.59 Å². The molecule has 1 aliphatic heterocycles. The van der Waals surface area contributed by atoms with Crippen LogP contribution in [0.4, 0.5) is 23.2 Å². The van der Waals surface area contributed by atoms with Crippen molar-refractivity contribution in [2.75, 3.05) is 10.7 Å². The number of nitrogens with one attached hydrogen (secondary N) is 1. The Hall–Kier alpha value is -4.05. The van der Waals surface area contributed by atoms with Crippen LogP contribution in [0.3, 0.4) is 0 Å². The van der Waals surface area contributed by atoms with Crippen molar-refractivity contribution in [3.8, 4) is 5.75 Å². The van der Waals surface area contributed by atoms with Crippen LogP contribution in [-0.2, 0) is 32.8 Å². The second-order valence-corrected chi connectivity index (χ2v) is 14.9. The minimum absolute atomic E-state index is 0.0660. The molecule has 3 aliphatic carbocycles. The molecule has 2 heterocycles. The lowest BCUT2D eigenvalue weighted by atomic mass is 9.57. The van der Waals surface area contributed by atoms with E-state index in [-0.39, 0.29) is 24.2 Å². The molecule has 1 atom stereocenters. The number of rotatable bonds is 7. The standard InChI is InChI=1S/C31H33F4N5O6S/c1-17(2)45-19-5-3-18(4-6-19)15-40-23-13-20(21(32)14-24(23)47(43,44)16-22(36)26(40)42)25(41)38-30-10-7-29(8-11-30,9-12-30)28-37-27(39-46-28)31(33,34)35/h3-6,13-14,17,22H,7-12,15-16,36H2,1-2H3,(H,38,41)/t22-,29?,30?/m0/s1. The predicted molar refractivity (Wildman–Crippen MR) is 159 cm³/mol. The van der Waals surface area contributed by atoms with Crippen molar-refractivity contribution in [1.82, 2.24) is 15.5 Å². The maximum Gasteiger partial charge on any atom is 0.455 e. The third-order valence-electron chi connectivity index (χ3n) is 9.30. The van der Waals surface area contributed by atoms with E-state index in [4.69, 9.17) is 15.0 Å². The van der Waals surface area contributed by atoms with Gasteiger partial charge in [0.2, 0.25) is 11.8 Å². The summed E-state index contributed by atoms with van der Waals surface area (Å²) in [4.78, 5) is 31.4. The summed E-state index contributed by atoms with van der Waals surface area (Å²) < 4.78 is 91.9. The summed E-state index contributed by atoms with van der Waals surface area (Å²) in [5.74, 6) is -4.20. The number of carbonyl (C=O) groups excluding carboxylic acids is 2. The number of alkyl halides is 3. The Bertz CT molecular complexity index is 1800. The molecule has 2 bridgehead atoms. The summed E-state index contributed by atoms with van der Waals surface area (Å²) in [5.41, 5.74) is 4.43. The number of hydrogen-bond donors (Lipinski definition) is 2. The van der Waals surface area contributed by atoms with Crippen LogP contribution in [0.2, 0.25) is 0 Å². The Balaban J connectivity index is 1.27. The van der Waals surface area contributed by atoms with Crippen LogP contribution in [-0.4, -0.2) is 53.8 Å². The van der Waals surface area contributed by atoms with Gasteiger partial charge in [0.15, 0.2) is 9.84 Å². The molecule has 11 nitrogen and oxygen atoms in total. The zero-order chi connectivity index (χ0) is 33.9. The number of fused-ring (bicyclic) bond motifs is 4. The topological polar surface area (TPSA) is 158 Å². The van der Waals surface area contributed by atoms with Crippen LogP contribution in [0.5, 0.6) is 5.75 Å². The summed E-state index contributed by atoms with van der Waals surface area (Å²) in [5, 5.41) is 6.00. The van der Waals surface area contributed by atoms with Crippen LogP contribution in [0, 0.1) is 5.82 Å². The number of halogens is 4. The average Bonchev–Trinajstić information content (AvgIpc) is 3.51. The van der Waals surface area contributed by atoms with E-state index < -0.39 is 72.7 Å². The average molecular weight is 680 g/mol. The minimum atomic E-state index is -4.74. The molecule has 2 aromatic carbocycles. The maximum atomic E-state index is 15.6. The summed E-state index contributed by atoms with van der Waals surface area (Å²) in [6, 6.07) is 7.20. The van der Waals surface area contributed by atoms with Crippen LogP contribution in [0.1, 0.15) is 80.0 Å². The lowest BCUT2D eigenvalue weighted by Crippen LogP contribution is -2.58. The Morgan fingerprint density at radius 1 is 1.13 bits per heavy atom. The smallest absolute Gasteiger partial charge is 0.455 e. The van der Waals surface area contributed by atoms with Crippen molar-refractivity contribution in [2.45, 2.75) is 93.1 Å². The van der Waals surface area contributed by atoms with Gasteiger partial charge in [0.1, 0.15) is 11.6 Å². The number of benzene rings is 2. The second kappa shape index (κ2) is 11.6. The van der Waals surface area contributed by atoms with Gasteiger partial charge >= 0.3 is 6.18 Å². The van der Waals surface area contributed by atoms with Crippen molar-refractivity contribution >= 4 is 27.3 Å². The highest BCUT2D eigenvalue weighted by atomic mass is 32.2. The van der Waals surface area contributed by atoms with Crippen LogP contribution >= 0.6 is 0 Å². The molecule has 4 aliphatic rings. The van der Waals surface area contributed by atoms with Gasteiger partial charge in [-0.15, -0.1) is 0 Å². The third-order valence-corrected chi connectivity index (χ3v) is 11.1. The highest BCUT2D eigenvalue weighted by molar-refractivity contribution is 7.91. The number of amides is 2. The Labute approximate surface area is 267 Å². The quantitative estimate of drug-likeness (QED) is 0.345. The Morgan fingerprint density at radius 3 is 2.34 bits per heavy atom. The molecule has 3 aromatic rings. The molecular weight excluding hydrogens is 646 g/mol. The van der Waals surface area contributed by atoms with E-state index in [1.54, 1.807) is 24.3 Å². The first-order chi connectivity index (χ1) is 22.0. The molecule has 3 saturated carbocycles. The predicted octanol–water partition coefficient (Wildman–Crippen LogP) is 4.44. The van der Waals surface area contributed by atoms with Gasteiger partial charge in [0.05, 0.1) is 40.6 Å². The van der Waals surface area contributed by atoms with E-state index in [1.807, 2.05) is 13.8 Å². The monoisotopic (exact) mass is 679 g/mol. The van der Waals surface area contributed by atoms with Crippen molar-refractivity contribution < 1.29 is 44.8 Å². The normalized spacial score (nSPS) is 25.4. The first-order valence-corrected chi connectivity index (χ1v) is 16.8. The van der Waals surface area contributed by atoms with E-state index in [0.29, 0.717) is 49.8 Å². The molecule has 252 valence electrons. The molecule has 3 fully saturated rings. The van der Waals surface area contributed by atoms with E-state index in [0.717, 1.165) is 17.0 Å². The Kier molecular flexibility index (Phi) is 8.10. The zero-order valence-electron chi connectivity index (χ0n) is 25.6. The van der Waals surface area contributed by atoms with E-state index in [1.165, 1.54) is 0 Å². The molecule has 0 spiro atoms. The highest BCUT2D eigenvalue weighted by Gasteiger charge is 2.54. The second-order valence-electron chi connectivity index (χ2n) is 12.9. The lowest BCUT2D eigenvalue weighted by molar-refractivity contribution is -0.146. The number of nitrogens with two attached hydrogens (primary N) is 1. The molecule has 0 unspecified atom stereocenters. The van der Waals surface area contributed by atoms with Gasteiger partial charge in [-0.05, 0) is 82.2 Å². The molecule has 3 N–H and O–H groups in total. The van der Waals surface area contributed by atoms with Crippen molar-refractivity contribution in [2.24, 2.45) is 5.73 Å². The van der Waals surface area contributed by atoms with Crippen molar-refractivity contribution in [3.63, 3.8) is 0 Å². The number of nitrogens with zero attached hydrogens (tertiary/aromatic N) is 3. The largest absolute Gasteiger partial charge is 0.491 e. The molecule has 0 saturated heterocycles. The van der Waals surface area contributed by atoms with Gasteiger partial charge in [-0.1, -0.05) is 17.3 Å². The third kappa shape index (κ3) is 6.20. The van der Waals surface area contributed by atoms with Crippen LogP contribution in [0.25, 0.3) is 0 Å². The number of carbonyl (C=O) groups is 2. The fraction of sp³-hybridized carbons (Fsp3) is 0.484.